The van der Waals surface area contributed by atoms with E-state index in [4.69, 9.17) is 10.7 Å². The van der Waals surface area contributed by atoms with E-state index < -0.39 is 0 Å². The summed E-state index contributed by atoms with van der Waals surface area (Å²) in [5, 5.41) is 7.64. The molecule has 2 N–H and O–H groups in total. The molecule has 2 fully saturated rings. The third-order valence-corrected chi connectivity index (χ3v) is 6.32. The maximum absolute atomic E-state index is 6.20. The highest BCUT2D eigenvalue weighted by Gasteiger charge is 2.40. The van der Waals surface area contributed by atoms with Crippen LogP contribution in [0.4, 0.5) is 0 Å². The number of likely N-dealkylation sites (tertiary alicyclic amines) is 1. The summed E-state index contributed by atoms with van der Waals surface area (Å²) in [4.78, 5) is 7.32. The molecule has 2 aromatic heterocycles. The van der Waals surface area contributed by atoms with Gasteiger partial charge in [-0.25, -0.2) is 4.98 Å². The first-order valence-corrected chi connectivity index (χ1v) is 9.07. The summed E-state index contributed by atoms with van der Waals surface area (Å²) in [6, 6.07) is 2.58. The quantitative estimate of drug-likeness (QED) is 0.929. The molecule has 3 atom stereocenters. The van der Waals surface area contributed by atoms with Crippen molar-refractivity contribution < 1.29 is 0 Å². The topological polar surface area (TPSA) is 42.1 Å². The number of fused-ring (bicyclic) bond motifs is 1. The summed E-state index contributed by atoms with van der Waals surface area (Å²) < 4.78 is 0. The van der Waals surface area contributed by atoms with Crippen molar-refractivity contribution in [2.45, 2.75) is 25.4 Å². The molecule has 0 bridgehead atoms. The molecule has 0 aromatic carbocycles. The first kappa shape index (κ1) is 15.4. The van der Waals surface area contributed by atoms with E-state index in [-0.39, 0.29) is 12.4 Å². The van der Waals surface area contributed by atoms with Crippen LogP contribution in [0.15, 0.2) is 22.2 Å². The van der Waals surface area contributed by atoms with Gasteiger partial charge in [0.2, 0.25) is 0 Å². The summed E-state index contributed by atoms with van der Waals surface area (Å²) in [7, 11) is 0. The molecular formula is C15H20ClN3S2. The first-order valence-electron chi connectivity index (χ1n) is 7.24. The Bertz CT molecular complexity index is 584. The van der Waals surface area contributed by atoms with Gasteiger partial charge in [-0.05, 0) is 36.1 Å². The van der Waals surface area contributed by atoms with Gasteiger partial charge >= 0.3 is 0 Å². The van der Waals surface area contributed by atoms with Gasteiger partial charge in [-0.15, -0.1) is 23.7 Å². The molecule has 0 spiro atoms. The lowest BCUT2D eigenvalue weighted by Crippen LogP contribution is -2.30. The summed E-state index contributed by atoms with van der Waals surface area (Å²) in [6.07, 6.45) is 2.54. The number of nitrogens with two attached hydrogens (primary N) is 1. The maximum Gasteiger partial charge on any atom is 0.124 e. The van der Waals surface area contributed by atoms with Crippen molar-refractivity contribution in [3.63, 3.8) is 0 Å². The zero-order valence-electron chi connectivity index (χ0n) is 11.8. The van der Waals surface area contributed by atoms with Crippen molar-refractivity contribution in [3.05, 3.63) is 27.9 Å². The van der Waals surface area contributed by atoms with Gasteiger partial charge in [0.05, 0.1) is 5.69 Å². The number of hydrogen-bond acceptors (Lipinski definition) is 5. The van der Waals surface area contributed by atoms with E-state index in [9.17, 15) is 0 Å². The van der Waals surface area contributed by atoms with Gasteiger partial charge < -0.3 is 5.73 Å². The lowest BCUT2D eigenvalue weighted by molar-refractivity contribution is 0.295. The molecule has 21 heavy (non-hydrogen) atoms. The number of nitrogens with zero attached hydrogens (tertiary/aromatic N) is 2. The van der Waals surface area contributed by atoms with Crippen LogP contribution in [0.25, 0.3) is 10.6 Å². The zero-order chi connectivity index (χ0) is 13.5. The molecule has 2 aliphatic rings. The number of aromatic nitrogens is 1. The molecule has 1 saturated carbocycles. The average molecular weight is 342 g/mol. The molecule has 2 aromatic rings. The number of halogens is 1. The molecule has 3 nitrogen and oxygen atoms in total. The largest absolute Gasteiger partial charge is 0.327 e. The fraction of sp³-hybridized carbons (Fsp3) is 0.533. The zero-order valence-corrected chi connectivity index (χ0v) is 14.2. The Morgan fingerprint density at radius 3 is 2.95 bits per heavy atom. The van der Waals surface area contributed by atoms with Crippen molar-refractivity contribution in [1.29, 1.82) is 0 Å². The number of thiophene rings is 1. The van der Waals surface area contributed by atoms with Crippen molar-refractivity contribution >= 4 is 35.1 Å². The molecule has 1 aliphatic heterocycles. The minimum Gasteiger partial charge on any atom is -0.327 e. The average Bonchev–Trinajstić information content (AvgIpc) is 3.17. The fourth-order valence-corrected chi connectivity index (χ4v) is 5.18. The summed E-state index contributed by atoms with van der Waals surface area (Å²) in [6.45, 7) is 3.36. The number of hydrogen-bond donors (Lipinski definition) is 1. The molecule has 0 amide bonds. The van der Waals surface area contributed by atoms with Crippen molar-refractivity contribution in [3.8, 4) is 10.6 Å². The Morgan fingerprint density at radius 2 is 2.19 bits per heavy atom. The molecule has 0 radical (unpaired) electrons. The third kappa shape index (κ3) is 3.03. The van der Waals surface area contributed by atoms with Crippen LogP contribution in [0.1, 0.15) is 18.5 Å². The molecule has 3 heterocycles. The van der Waals surface area contributed by atoms with Crippen molar-refractivity contribution in [1.82, 2.24) is 9.88 Å². The van der Waals surface area contributed by atoms with Crippen LogP contribution < -0.4 is 5.73 Å². The molecule has 3 unspecified atom stereocenters. The molecular weight excluding hydrogens is 322 g/mol. The standard InChI is InChI=1S/C15H19N3S2.ClH/c16-14-2-1-10-5-18(7-13(10)14)6-12-9-20-15(17-12)11-3-4-19-8-11;/h3-4,8-10,13-14H,1-2,5-7,16H2;1H. The van der Waals surface area contributed by atoms with E-state index in [0.717, 1.165) is 29.9 Å². The predicted molar refractivity (Wildman–Crippen MR) is 92.1 cm³/mol. The van der Waals surface area contributed by atoms with Gasteiger partial charge in [0.1, 0.15) is 5.01 Å². The summed E-state index contributed by atoms with van der Waals surface area (Å²) >= 11 is 3.49. The highest BCUT2D eigenvalue weighted by molar-refractivity contribution is 7.14. The maximum atomic E-state index is 6.20. The van der Waals surface area contributed by atoms with Gasteiger partial charge in [-0.1, -0.05) is 0 Å². The van der Waals surface area contributed by atoms with Crippen molar-refractivity contribution in [2.75, 3.05) is 13.1 Å². The second kappa shape index (κ2) is 6.34. The van der Waals surface area contributed by atoms with Gasteiger partial charge in [0, 0.05) is 42.0 Å². The molecule has 1 aliphatic carbocycles. The predicted octanol–water partition coefficient (Wildman–Crippen LogP) is 3.46. The number of thiazole rings is 1. The Balaban J connectivity index is 0.00000132. The van der Waals surface area contributed by atoms with Crippen LogP contribution in [-0.4, -0.2) is 29.0 Å². The smallest absolute Gasteiger partial charge is 0.124 e. The normalized spacial score (nSPS) is 28.5. The highest BCUT2D eigenvalue weighted by Crippen LogP contribution is 2.37. The van der Waals surface area contributed by atoms with E-state index in [1.54, 1.807) is 22.7 Å². The Morgan fingerprint density at radius 1 is 1.29 bits per heavy atom. The molecule has 1 saturated heterocycles. The minimum absolute atomic E-state index is 0. The van der Waals surface area contributed by atoms with Gasteiger partial charge in [-0.3, -0.25) is 4.90 Å². The number of rotatable bonds is 3. The first-order chi connectivity index (χ1) is 9.79. The lowest BCUT2D eigenvalue weighted by atomic mass is 9.98. The van der Waals surface area contributed by atoms with E-state index in [1.807, 2.05) is 0 Å². The Labute approximate surface area is 139 Å². The van der Waals surface area contributed by atoms with Crippen LogP contribution in [0.3, 0.4) is 0 Å². The second-order valence-electron chi connectivity index (χ2n) is 6.02. The molecule has 114 valence electrons. The third-order valence-electron chi connectivity index (χ3n) is 4.69. The highest BCUT2D eigenvalue weighted by atomic mass is 35.5. The van der Waals surface area contributed by atoms with Gasteiger partial charge in [-0.2, -0.15) is 11.3 Å². The van der Waals surface area contributed by atoms with Crippen LogP contribution >= 0.6 is 35.1 Å². The summed E-state index contributed by atoms with van der Waals surface area (Å²) in [5.74, 6) is 1.56. The summed E-state index contributed by atoms with van der Waals surface area (Å²) in [5.41, 5.74) is 8.67. The monoisotopic (exact) mass is 341 g/mol. The van der Waals surface area contributed by atoms with E-state index in [0.29, 0.717) is 6.04 Å². The van der Waals surface area contributed by atoms with E-state index in [2.05, 4.69) is 27.1 Å². The van der Waals surface area contributed by atoms with Crippen LogP contribution in [0.2, 0.25) is 0 Å². The second-order valence-corrected chi connectivity index (χ2v) is 7.65. The van der Waals surface area contributed by atoms with E-state index >= 15 is 0 Å². The Hall–Kier alpha value is -0.460. The SMILES string of the molecule is Cl.NC1CCC2CN(Cc3csc(-c4ccsc4)n3)CC12. The van der Waals surface area contributed by atoms with Crippen molar-refractivity contribution in [2.24, 2.45) is 17.6 Å². The lowest BCUT2D eigenvalue weighted by Gasteiger charge is -2.16. The molecule has 4 rings (SSSR count). The van der Waals surface area contributed by atoms with Crippen LogP contribution in [0.5, 0.6) is 0 Å². The van der Waals surface area contributed by atoms with Gasteiger partial charge in [0.15, 0.2) is 0 Å². The van der Waals surface area contributed by atoms with Crippen LogP contribution in [-0.2, 0) is 6.54 Å². The van der Waals surface area contributed by atoms with Crippen LogP contribution in [0, 0.1) is 11.8 Å². The molecule has 6 heteroatoms. The Kier molecular flexibility index (Phi) is 4.66. The van der Waals surface area contributed by atoms with Gasteiger partial charge in [0.25, 0.3) is 0 Å². The minimum atomic E-state index is 0. The fourth-order valence-electron chi connectivity index (χ4n) is 3.66. The van der Waals surface area contributed by atoms with E-state index in [1.165, 1.54) is 30.6 Å².